The Labute approximate surface area is 88.0 Å². The Kier molecular flexibility index (Phi) is 8.14. The molecule has 0 fully saturated rings. The Balaban J connectivity index is 4.16. The molecule has 0 aromatic heterocycles. The average molecular weight is 203 g/mol. The van der Waals surface area contributed by atoms with Crippen molar-refractivity contribution in [3.63, 3.8) is 0 Å². The van der Waals surface area contributed by atoms with Gasteiger partial charge in [-0.1, -0.05) is 26.7 Å². The van der Waals surface area contributed by atoms with Crippen molar-refractivity contribution in [2.75, 3.05) is 13.2 Å². The van der Waals surface area contributed by atoms with E-state index in [0.29, 0.717) is 19.1 Å². The largest absolute Gasteiger partial charge is 0.351 e. The predicted molar refractivity (Wildman–Crippen MR) is 59.1 cm³/mol. The lowest BCUT2D eigenvalue weighted by Gasteiger charge is -2.29. The van der Waals surface area contributed by atoms with E-state index < -0.39 is 0 Å². The van der Waals surface area contributed by atoms with E-state index >= 15 is 0 Å². The summed E-state index contributed by atoms with van der Waals surface area (Å²) in [5.41, 5.74) is 6.11. The first-order valence-corrected chi connectivity index (χ1v) is 5.69. The van der Waals surface area contributed by atoms with Crippen LogP contribution in [0.5, 0.6) is 0 Å². The summed E-state index contributed by atoms with van der Waals surface area (Å²) in [6.07, 6.45) is 1.91. The Morgan fingerprint density at radius 2 is 1.36 bits per heavy atom. The van der Waals surface area contributed by atoms with E-state index in [2.05, 4.69) is 13.8 Å². The van der Waals surface area contributed by atoms with Crippen LogP contribution in [0.15, 0.2) is 0 Å². The first-order valence-electron chi connectivity index (χ1n) is 5.69. The van der Waals surface area contributed by atoms with Crippen molar-refractivity contribution in [2.45, 2.75) is 52.9 Å². The van der Waals surface area contributed by atoms with Crippen LogP contribution in [0.2, 0.25) is 0 Å². The van der Waals surface area contributed by atoms with Gasteiger partial charge in [0.25, 0.3) is 0 Å². The highest BCUT2D eigenvalue weighted by Gasteiger charge is 2.24. The minimum absolute atomic E-state index is 0.00935. The minimum atomic E-state index is -0.241. The van der Waals surface area contributed by atoms with Crippen LogP contribution in [0.4, 0.5) is 0 Å². The first-order chi connectivity index (χ1) is 6.71. The highest BCUT2D eigenvalue weighted by molar-refractivity contribution is 4.74. The molecule has 3 nitrogen and oxygen atoms in total. The van der Waals surface area contributed by atoms with Gasteiger partial charge in [-0.15, -0.1) is 0 Å². The maximum absolute atomic E-state index is 6.11. The molecule has 0 saturated heterocycles. The third kappa shape index (κ3) is 4.40. The van der Waals surface area contributed by atoms with Gasteiger partial charge in [-0.3, -0.25) is 0 Å². The maximum atomic E-state index is 6.11. The van der Waals surface area contributed by atoms with E-state index in [1.165, 1.54) is 0 Å². The fourth-order valence-electron chi connectivity index (χ4n) is 1.65. The van der Waals surface area contributed by atoms with E-state index in [4.69, 9.17) is 15.2 Å². The summed E-state index contributed by atoms with van der Waals surface area (Å²) in [6, 6.07) is -0.00935. The molecule has 0 aliphatic heterocycles. The van der Waals surface area contributed by atoms with Gasteiger partial charge in [0.05, 0.1) is 6.04 Å². The molecule has 0 amide bonds. The van der Waals surface area contributed by atoms with Gasteiger partial charge >= 0.3 is 0 Å². The second kappa shape index (κ2) is 8.21. The Morgan fingerprint density at radius 1 is 0.929 bits per heavy atom. The Hall–Kier alpha value is -0.120. The SMILES string of the molecule is CCOC(OCC)C(N)C(CC)CC. The van der Waals surface area contributed by atoms with Gasteiger partial charge in [-0.25, -0.2) is 0 Å². The quantitative estimate of drug-likeness (QED) is 0.615. The second-order valence-electron chi connectivity index (χ2n) is 3.43. The third-order valence-corrected chi connectivity index (χ3v) is 2.57. The van der Waals surface area contributed by atoms with E-state index in [-0.39, 0.29) is 12.3 Å². The topological polar surface area (TPSA) is 44.5 Å². The molecule has 14 heavy (non-hydrogen) atoms. The summed E-state index contributed by atoms with van der Waals surface area (Å²) in [4.78, 5) is 0. The summed E-state index contributed by atoms with van der Waals surface area (Å²) < 4.78 is 11.0. The van der Waals surface area contributed by atoms with Crippen LogP contribution in [-0.2, 0) is 9.47 Å². The molecule has 0 bridgehead atoms. The lowest BCUT2D eigenvalue weighted by molar-refractivity contribution is -0.156. The summed E-state index contributed by atoms with van der Waals surface area (Å²) in [6.45, 7) is 9.54. The van der Waals surface area contributed by atoms with Crippen molar-refractivity contribution in [3.8, 4) is 0 Å². The van der Waals surface area contributed by atoms with Crippen molar-refractivity contribution in [1.82, 2.24) is 0 Å². The number of nitrogens with two attached hydrogens (primary N) is 1. The van der Waals surface area contributed by atoms with E-state index in [0.717, 1.165) is 12.8 Å². The van der Waals surface area contributed by atoms with Crippen molar-refractivity contribution >= 4 is 0 Å². The first kappa shape index (κ1) is 13.9. The van der Waals surface area contributed by atoms with Crippen molar-refractivity contribution in [1.29, 1.82) is 0 Å². The molecular weight excluding hydrogens is 178 g/mol. The fraction of sp³-hybridized carbons (Fsp3) is 1.00. The molecule has 0 aliphatic rings. The standard InChI is InChI=1S/C11H25NO2/c1-5-9(6-2)10(12)11(13-7-3)14-8-4/h9-11H,5-8,12H2,1-4H3. The van der Waals surface area contributed by atoms with Crippen LogP contribution in [0.1, 0.15) is 40.5 Å². The summed E-state index contributed by atoms with van der Waals surface area (Å²) >= 11 is 0. The molecule has 2 N–H and O–H groups in total. The zero-order valence-corrected chi connectivity index (χ0v) is 9.95. The van der Waals surface area contributed by atoms with Gasteiger partial charge in [0.1, 0.15) is 0 Å². The summed E-state index contributed by atoms with van der Waals surface area (Å²) in [5, 5.41) is 0. The van der Waals surface area contributed by atoms with Gasteiger partial charge in [-0.2, -0.15) is 0 Å². The molecule has 1 unspecified atom stereocenters. The van der Waals surface area contributed by atoms with E-state index in [9.17, 15) is 0 Å². The van der Waals surface area contributed by atoms with E-state index in [1.54, 1.807) is 0 Å². The predicted octanol–water partition coefficient (Wildman–Crippen LogP) is 2.15. The number of hydrogen-bond donors (Lipinski definition) is 1. The summed E-state index contributed by atoms with van der Waals surface area (Å²) in [7, 11) is 0. The van der Waals surface area contributed by atoms with Crippen LogP contribution in [0.25, 0.3) is 0 Å². The Morgan fingerprint density at radius 3 is 1.64 bits per heavy atom. The highest BCUT2D eigenvalue weighted by Crippen LogP contribution is 2.16. The monoisotopic (exact) mass is 203 g/mol. The van der Waals surface area contributed by atoms with Gasteiger partial charge in [0, 0.05) is 13.2 Å². The number of ether oxygens (including phenoxy) is 2. The van der Waals surface area contributed by atoms with Crippen molar-refractivity contribution in [2.24, 2.45) is 11.7 Å². The molecule has 1 atom stereocenters. The molecule has 0 aromatic rings. The van der Waals surface area contributed by atoms with Gasteiger partial charge in [-0.05, 0) is 19.8 Å². The lowest BCUT2D eigenvalue weighted by atomic mass is 9.94. The van der Waals surface area contributed by atoms with Crippen LogP contribution in [-0.4, -0.2) is 25.5 Å². The molecule has 0 radical (unpaired) electrons. The molecule has 0 rings (SSSR count). The van der Waals surface area contributed by atoms with E-state index in [1.807, 2.05) is 13.8 Å². The molecule has 0 aliphatic carbocycles. The van der Waals surface area contributed by atoms with Gasteiger partial charge < -0.3 is 15.2 Å². The zero-order valence-electron chi connectivity index (χ0n) is 9.95. The van der Waals surface area contributed by atoms with Crippen molar-refractivity contribution in [3.05, 3.63) is 0 Å². The number of hydrogen-bond acceptors (Lipinski definition) is 3. The van der Waals surface area contributed by atoms with Crippen LogP contribution < -0.4 is 5.73 Å². The highest BCUT2D eigenvalue weighted by atomic mass is 16.7. The van der Waals surface area contributed by atoms with Crippen LogP contribution in [0.3, 0.4) is 0 Å². The minimum Gasteiger partial charge on any atom is -0.351 e. The zero-order chi connectivity index (χ0) is 11.0. The van der Waals surface area contributed by atoms with Gasteiger partial charge in [0.15, 0.2) is 6.29 Å². The van der Waals surface area contributed by atoms with Crippen molar-refractivity contribution < 1.29 is 9.47 Å². The Bertz CT molecular complexity index is 120. The fourth-order valence-corrected chi connectivity index (χ4v) is 1.65. The molecule has 3 heteroatoms. The third-order valence-electron chi connectivity index (χ3n) is 2.57. The molecular formula is C11H25NO2. The molecule has 0 saturated carbocycles. The van der Waals surface area contributed by atoms with Crippen LogP contribution >= 0.6 is 0 Å². The second-order valence-corrected chi connectivity index (χ2v) is 3.43. The molecule has 0 spiro atoms. The summed E-state index contributed by atoms with van der Waals surface area (Å²) in [5.74, 6) is 0.484. The number of rotatable bonds is 8. The lowest BCUT2D eigenvalue weighted by Crippen LogP contribution is -2.44. The molecule has 0 heterocycles. The average Bonchev–Trinajstić information content (AvgIpc) is 2.19. The maximum Gasteiger partial charge on any atom is 0.172 e. The smallest absolute Gasteiger partial charge is 0.172 e. The molecule has 86 valence electrons. The normalized spacial score (nSPS) is 13.9. The van der Waals surface area contributed by atoms with Crippen LogP contribution in [0, 0.1) is 5.92 Å². The van der Waals surface area contributed by atoms with Gasteiger partial charge in [0.2, 0.25) is 0 Å². The molecule has 0 aromatic carbocycles.